The number of pyridine rings is 1. The van der Waals surface area contributed by atoms with Crippen LogP contribution in [0, 0.1) is 31.8 Å². The van der Waals surface area contributed by atoms with Gasteiger partial charge in [-0.1, -0.05) is 6.07 Å². The van der Waals surface area contributed by atoms with Crippen molar-refractivity contribution in [3.8, 4) is 22.6 Å². The molecule has 2 N–H and O–H groups in total. The average molecular weight is 420 g/mol. The standard InChI is InChI=1S/C25H25FN2O3/c1-14-10-18(26)11-15(2)23(14)31-22-7-6-17(25(4,5)29)13-21(22)20-12-16(3)28(30)24-19(20)8-9-27-24/h6-13,27,29H,1-5H3. The van der Waals surface area contributed by atoms with Gasteiger partial charge in [0.25, 0.3) is 5.65 Å². The maximum atomic E-state index is 13.8. The topological polar surface area (TPSA) is 72.2 Å². The van der Waals surface area contributed by atoms with Gasteiger partial charge in [0.05, 0.1) is 17.2 Å². The van der Waals surface area contributed by atoms with Crippen LogP contribution < -0.4 is 9.47 Å². The molecule has 2 heterocycles. The summed E-state index contributed by atoms with van der Waals surface area (Å²) < 4.78 is 20.9. The summed E-state index contributed by atoms with van der Waals surface area (Å²) in [6, 6.07) is 12.0. The van der Waals surface area contributed by atoms with Crippen molar-refractivity contribution in [2.45, 2.75) is 40.2 Å². The predicted octanol–water partition coefficient (Wildman–Crippen LogP) is 5.55. The van der Waals surface area contributed by atoms with Crippen molar-refractivity contribution in [1.29, 1.82) is 0 Å². The number of hydrogen-bond acceptors (Lipinski definition) is 3. The second-order valence-electron chi connectivity index (χ2n) is 8.47. The molecular formula is C25H25FN2O3. The van der Waals surface area contributed by atoms with Crippen molar-refractivity contribution in [2.75, 3.05) is 0 Å². The highest BCUT2D eigenvalue weighted by Gasteiger charge is 2.22. The van der Waals surface area contributed by atoms with Crippen molar-refractivity contribution in [3.63, 3.8) is 0 Å². The van der Waals surface area contributed by atoms with Crippen molar-refractivity contribution in [1.82, 2.24) is 4.98 Å². The quantitative estimate of drug-likeness (QED) is 0.336. The third-order valence-corrected chi connectivity index (χ3v) is 5.51. The van der Waals surface area contributed by atoms with Gasteiger partial charge in [-0.15, -0.1) is 0 Å². The molecule has 0 saturated heterocycles. The summed E-state index contributed by atoms with van der Waals surface area (Å²) in [4.78, 5) is 3.00. The van der Waals surface area contributed by atoms with Gasteiger partial charge in [-0.3, -0.25) is 0 Å². The van der Waals surface area contributed by atoms with E-state index in [9.17, 15) is 14.7 Å². The van der Waals surface area contributed by atoms with Crippen LogP contribution in [-0.2, 0) is 5.60 Å². The molecule has 0 aliphatic rings. The van der Waals surface area contributed by atoms with E-state index in [-0.39, 0.29) is 5.82 Å². The zero-order valence-corrected chi connectivity index (χ0v) is 18.2. The third-order valence-electron chi connectivity index (χ3n) is 5.51. The van der Waals surface area contributed by atoms with E-state index in [1.807, 2.05) is 24.3 Å². The summed E-state index contributed by atoms with van der Waals surface area (Å²) in [6.45, 7) is 8.77. The number of nitrogens with one attached hydrogen (secondary N) is 1. The predicted molar refractivity (Wildman–Crippen MR) is 119 cm³/mol. The molecule has 0 radical (unpaired) electrons. The van der Waals surface area contributed by atoms with Gasteiger partial charge in [0.15, 0.2) is 0 Å². The Hall–Kier alpha value is -3.38. The zero-order chi connectivity index (χ0) is 22.5. The fraction of sp³-hybridized carbons (Fsp3) is 0.240. The normalized spacial score (nSPS) is 11.8. The summed E-state index contributed by atoms with van der Waals surface area (Å²) in [6.07, 6.45) is 1.72. The van der Waals surface area contributed by atoms with Gasteiger partial charge in [0.2, 0.25) is 0 Å². The number of aliphatic hydroxyl groups is 1. The first-order valence-electron chi connectivity index (χ1n) is 10.1. The molecule has 0 spiro atoms. The largest absolute Gasteiger partial charge is 0.710 e. The fourth-order valence-corrected chi connectivity index (χ4v) is 3.87. The lowest BCUT2D eigenvalue weighted by atomic mass is 9.92. The van der Waals surface area contributed by atoms with E-state index in [1.54, 1.807) is 46.9 Å². The van der Waals surface area contributed by atoms with Crippen LogP contribution in [0.15, 0.2) is 48.7 Å². The van der Waals surface area contributed by atoms with Crippen LogP contribution >= 0.6 is 0 Å². The van der Waals surface area contributed by atoms with Crippen molar-refractivity contribution in [2.24, 2.45) is 0 Å². The molecule has 0 bridgehead atoms. The molecule has 0 saturated carbocycles. The summed E-state index contributed by atoms with van der Waals surface area (Å²) in [5, 5.41) is 23.8. The van der Waals surface area contributed by atoms with Gasteiger partial charge >= 0.3 is 0 Å². The van der Waals surface area contributed by atoms with Gasteiger partial charge in [-0.2, -0.15) is 0 Å². The molecule has 6 heteroatoms. The second-order valence-corrected chi connectivity index (χ2v) is 8.47. The zero-order valence-electron chi connectivity index (χ0n) is 18.2. The lowest BCUT2D eigenvalue weighted by molar-refractivity contribution is -0.586. The molecule has 0 atom stereocenters. The number of aromatic amines is 1. The van der Waals surface area contributed by atoms with Crippen molar-refractivity contribution in [3.05, 3.63) is 82.1 Å². The molecule has 0 amide bonds. The van der Waals surface area contributed by atoms with Crippen LogP contribution in [-0.4, -0.2) is 10.1 Å². The summed E-state index contributed by atoms with van der Waals surface area (Å²) >= 11 is 0. The number of aromatic nitrogens is 2. The van der Waals surface area contributed by atoms with E-state index >= 15 is 0 Å². The molecule has 0 aliphatic heterocycles. The van der Waals surface area contributed by atoms with Crippen molar-refractivity contribution >= 4 is 11.0 Å². The lowest BCUT2D eigenvalue weighted by Gasteiger charge is -2.22. The minimum Gasteiger partial charge on any atom is -0.710 e. The van der Waals surface area contributed by atoms with E-state index in [2.05, 4.69) is 4.98 Å². The number of ether oxygens (including phenoxy) is 1. The Labute approximate surface area is 180 Å². The van der Waals surface area contributed by atoms with Gasteiger partial charge in [0, 0.05) is 11.1 Å². The minimum absolute atomic E-state index is 0.312. The first-order chi connectivity index (χ1) is 14.6. The lowest BCUT2D eigenvalue weighted by Crippen LogP contribution is -2.31. The molecule has 2 aromatic carbocycles. The van der Waals surface area contributed by atoms with E-state index in [0.717, 1.165) is 21.2 Å². The van der Waals surface area contributed by atoms with Gasteiger partial charge in [-0.25, -0.2) is 14.1 Å². The van der Waals surface area contributed by atoms with E-state index < -0.39 is 5.60 Å². The maximum Gasteiger partial charge on any atom is 0.290 e. The third kappa shape index (κ3) is 3.75. The molecule has 31 heavy (non-hydrogen) atoms. The first kappa shape index (κ1) is 20.9. The number of benzene rings is 2. The molecule has 160 valence electrons. The number of H-pyrrole nitrogens is 1. The number of hydrogen-bond donors (Lipinski definition) is 2. The van der Waals surface area contributed by atoms with Crippen LogP contribution in [0.5, 0.6) is 11.5 Å². The highest BCUT2D eigenvalue weighted by Crippen LogP contribution is 2.40. The summed E-state index contributed by atoms with van der Waals surface area (Å²) in [7, 11) is 0. The van der Waals surface area contributed by atoms with Crippen LogP contribution in [0.2, 0.25) is 0 Å². The Kier molecular flexibility index (Phi) is 4.98. The number of aryl methyl sites for hydroxylation is 3. The molecule has 4 aromatic rings. The minimum atomic E-state index is -1.06. The number of fused-ring (bicyclic) bond motifs is 1. The van der Waals surface area contributed by atoms with Crippen LogP contribution in [0.4, 0.5) is 4.39 Å². The molecule has 0 unspecified atom stereocenters. The Balaban J connectivity index is 1.97. The highest BCUT2D eigenvalue weighted by molar-refractivity contribution is 5.94. The smallest absolute Gasteiger partial charge is 0.290 e. The summed E-state index contributed by atoms with van der Waals surface area (Å²) in [5.74, 6) is 0.819. The van der Waals surface area contributed by atoms with Gasteiger partial charge in [-0.05, 0) is 87.7 Å². The Morgan fingerprint density at radius 1 is 1.00 bits per heavy atom. The molecule has 0 fully saturated rings. The Morgan fingerprint density at radius 3 is 2.32 bits per heavy atom. The van der Waals surface area contributed by atoms with Crippen LogP contribution in [0.3, 0.4) is 0 Å². The Bertz CT molecular complexity index is 1280. The molecular weight excluding hydrogens is 395 g/mol. The van der Waals surface area contributed by atoms with Crippen LogP contribution in [0.25, 0.3) is 22.2 Å². The van der Waals surface area contributed by atoms with E-state index in [0.29, 0.717) is 39.5 Å². The molecule has 4 rings (SSSR count). The molecule has 5 nitrogen and oxygen atoms in total. The molecule has 0 aliphatic carbocycles. The Morgan fingerprint density at radius 2 is 1.68 bits per heavy atom. The number of nitrogens with zero attached hydrogens (tertiary/aromatic N) is 1. The van der Waals surface area contributed by atoms with Crippen LogP contribution in [0.1, 0.15) is 36.2 Å². The van der Waals surface area contributed by atoms with E-state index in [1.165, 1.54) is 12.1 Å². The van der Waals surface area contributed by atoms with Crippen molar-refractivity contribution < 1.29 is 19.0 Å². The fourth-order valence-electron chi connectivity index (χ4n) is 3.87. The molecule has 2 aromatic heterocycles. The van der Waals surface area contributed by atoms with Gasteiger partial charge < -0.3 is 15.1 Å². The monoisotopic (exact) mass is 420 g/mol. The van der Waals surface area contributed by atoms with E-state index in [4.69, 9.17) is 4.74 Å². The van der Waals surface area contributed by atoms with Gasteiger partial charge in [0.1, 0.15) is 23.0 Å². The first-order valence-corrected chi connectivity index (χ1v) is 10.1. The maximum absolute atomic E-state index is 13.8. The second kappa shape index (κ2) is 7.39. The average Bonchev–Trinajstić information content (AvgIpc) is 3.17. The highest BCUT2D eigenvalue weighted by atomic mass is 19.1. The number of rotatable bonds is 4. The SMILES string of the molecule is Cc1cc(F)cc(C)c1Oc1ccc(C(C)(C)O)cc1-c1cc(C)[n+]([O-])c2[nH]ccc12. The summed E-state index contributed by atoms with van der Waals surface area (Å²) in [5.41, 5.74) is 3.53. The number of halogens is 1.